The van der Waals surface area contributed by atoms with Crippen LogP contribution < -0.4 is 10.1 Å². The number of nitrogens with one attached hydrogen (secondary N) is 1. The van der Waals surface area contributed by atoms with E-state index in [9.17, 15) is 0 Å². The Morgan fingerprint density at radius 3 is 3.00 bits per heavy atom. The molecule has 122 valence electrons. The van der Waals surface area contributed by atoms with Gasteiger partial charge in [0.2, 0.25) is 0 Å². The number of benzene rings is 1. The van der Waals surface area contributed by atoms with Crippen molar-refractivity contribution in [1.82, 2.24) is 4.90 Å². The zero-order valence-corrected chi connectivity index (χ0v) is 14.3. The third-order valence-electron chi connectivity index (χ3n) is 5.15. The predicted molar refractivity (Wildman–Crippen MR) is 92.8 cm³/mol. The minimum Gasteiger partial charge on any atom is -0.493 e. The highest BCUT2D eigenvalue weighted by molar-refractivity contribution is 5.56. The summed E-state index contributed by atoms with van der Waals surface area (Å²) in [6, 6.07) is 7.17. The normalized spacial score (nSPS) is 25.6. The van der Waals surface area contributed by atoms with Crippen LogP contribution >= 0.6 is 0 Å². The van der Waals surface area contributed by atoms with Crippen LogP contribution in [0.1, 0.15) is 45.6 Å². The van der Waals surface area contributed by atoms with E-state index in [0.717, 1.165) is 25.4 Å². The third-order valence-corrected chi connectivity index (χ3v) is 5.15. The van der Waals surface area contributed by atoms with Crippen molar-refractivity contribution in [3.8, 4) is 5.75 Å². The summed E-state index contributed by atoms with van der Waals surface area (Å²) >= 11 is 0. The fourth-order valence-corrected chi connectivity index (χ4v) is 3.70. The third kappa shape index (κ3) is 3.57. The molecular weight excluding hydrogens is 272 g/mol. The predicted octanol–water partition coefficient (Wildman–Crippen LogP) is 3.93. The van der Waals surface area contributed by atoms with Crippen LogP contribution in [0.4, 0.5) is 5.69 Å². The Morgan fingerprint density at radius 2 is 2.18 bits per heavy atom. The number of hydrogen-bond donors (Lipinski definition) is 1. The van der Waals surface area contributed by atoms with E-state index in [2.05, 4.69) is 49.2 Å². The molecule has 0 saturated carbocycles. The summed E-state index contributed by atoms with van der Waals surface area (Å²) in [6.07, 6.45) is 4.96. The van der Waals surface area contributed by atoms with Gasteiger partial charge in [-0.3, -0.25) is 0 Å². The molecule has 2 heterocycles. The number of piperidine rings is 1. The number of aryl methyl sites for hydroxylation is 1. The van der Waals surface area contributed by atoms with Gasteiger partial charge in [0.25, 0.3) is 0 Å². The van der Waals surface area contributed by atoms with E-state index in [1.807, 2.05) is 0 Å². The van der Waals surface area contributed by atoms with Crippen LogP contribution in [0.5, 0.6) is 5.75 Å². The maximum atomic E-state index is 6.18. The molecule has 2 aliphatic rings. The molecular formula is C19H30N2O. The summed E-state index contributed by atoms with van der Waals surface area (Å²) in [5.41, 5.74) is 2.96. The summed E-state index contributed by atoms with van der Waals surface area (Å²) < 4.78 is 6.18. The Balaban J connectivity index is 1.61. The molecule has 22 heavy (non-hydrogen) atoms. The first-order valence-corrected chi connectivity index (χ1v) is 8.79. The average Bonchev–Trinajstić information content (AvgIpc) is 2.53. The SMILES string of the molecule is CC(C)N1CCCC(C)(COc2ccc3c(c2)NCCC3)C1. The molecule has 3 rings (SSSR count). The minimum atomic E-state index is 0.270. The van der Waals surface area contributed by atoms with E-state index in [-0.39, 0.29) is 5.41 Å². The Bertz CT molecular complexity index is 514. The lowest BCUT2D eigenvalue weighted by atomic mass is 9.82. The summed E-state index contributed by atoms with van der Waals surface area (Å²) in [7, 11) is 0. The first-order valence-electron chi connectivity index (χ1n) is 8.79. The van der Waals surface area contributed by atoms with E-state index in [1.54, 1.807) is 0 Å². The number of ether oxygens (including phenoxy) is 1. The van der Waals surface area contributed by atoms with Crippen molar-refractivity contribution in [2.45, 2.75) is 52.5 Å². The summed E-state index contributed by atoms with van der Waals surface area (Å²) in [6.45, 7) is 11.2. The molecule has 0 amide bonds. The van der Waals surface area contributed by atoms with Crippen molar-refractivity contribution < 1.29 is 4.74 Å². The molecule has 0 aromatic heterocycles. The molecule has 3 heteroatoms. The number of hydrogen-bond acceptors (Lipinski definition) is 3. The molecule has 1 aromatic rings. The van der Waals surface area contributed by atoms with Gasteiger partial charge in [-0.05, 0) is 57.7 Å². The van der Waals surface area contributed by atoms with Crippen LogP contribution in [0.2, 0.25) is 0 Å². The van der Waals surface area contributed by atoms with Gasteiger partial charge in [-0.2, -0.15) is 0 Å². The van der Waals surface area contributed by atoms with Gasteiger partial charge in [0.1, 0.15) is 5.75 Å². The van der Waals surface area contributed by atoms with E-state index in [4.69, 9.17) is 4.74 Å². The van der Waals surface area contributed by atoms with Crippen LogP contribution in [0.25, 0.3) is 0 Å². The number of anilines is 1. The van der Waals surface area contributed by atoms with Gasteiger partial charge in [-0.25, -0.2) is 0 Å². The topological polar surface area (TPSA) is 24.5 Å². The van der Waals surface area contributed by atoms with Gasteiger partial charge in [-0.15, -0.1) is 0 Å². The molecule has 1 saturated heterocycles. The maximum absolute atomic E-state index is 6.18. The monoisotopic (exact) mass is 302 g/mol. The van der Waals surface area contributed by atoms with E-state index in [1.165, 1.54) is 43.5 Å². The van der Waals surface area contributed by atoms with Crippen LogP contribution in [0.3, 0.4) is 0 Å². The van der Waals surface area contributed by atoms with E-state index in [0.29, 0.717) is 6.04 Å². The fourth-order valence-electron chi connectivity index (χ4n) is 3.70. The summed E-state index contributed by atoms with van der Waals surface area (Å²) in [5.74, 6) is 1.01. The van der Waals surface area contributed by atoms with Crippen LogP contribution in [-0.2, 0) is 6.42 Å². The Kier molecular flexibility index (Phi) is 4.62. The average molecular weight is 302 g/mol. The lowest BCUT2D eigenvalue weighted by molar-refractivity contribution is 0.0405. The molecule has 0 aliphatic carbocycles. The molecule has 0 spiro atoms. The molecule has 1 aromatic carbocycles. The quantitative estimate of drug-likeness (QED) is 0.912. The van der Waals surface area contributed by atoms with Gasteiger partial charge in [-0.1, -0.05) is 13.0 Å². The molecule has 1 unspecified atom stereocenters. The van der Waals surface area contributed by atoms with Crippen molar-refractivity contribution in [2.75, 3.05) is 31.6 Å². The highest BCUT2D eigenvalue weighted by Crippen LogP contribution is 2.32. The summed E-state index contributed by atoms with van der Waals surface area (Å²) in [5, 5.41) is 3.48. The molecule has 1 fully saturated rings. The van der Waals surface area contributed by atoms with Gasteiger partial charge >= 0.3 is 0 Å². The molecule has 1 N–H and O–H groups in total. The van der Waals surface area contributed by atoms with Crippen molar-refractivity contribution >= 4 is 5.69 Å². The second-order valence-corrected chi connectivity index (χ2v) is 7.62. The zero-order valence-electron chi connectivity index (χ0n) is 14.3. The van der Waals surface area contributed by atoms with E-state index >= 15 is 0 Å². The van der Waals surface area contributed by atoms with Crippen molar-refractivity contribution in [2.24, 2.45) is 5.41 Å². The number of likely N-dealkylation sites (tertiary alicyclic amines) is 1. The zero-order chi connectivity index (χ0) is 15.6. The second-order valence-electron chi connectivity index (χ2n) is 7.62. The summed E-state index contributed by atoms with van der Waals surface area (Å²) in [4.78, 5) is 2.58. The fraction of sp³-hybridized carbons (Fsp3) is 0.684. The lowest BCUT2D eigenvalue weighted by Gasteiger charge is -2.42. The van der Waals surface area contributed by atoms with Crippen LogP contribution in [0, 0.1) is 5.41 Å². The van der Waals surface area contributed by atoms with Gasteiger partial charge in [0, 0.05) is 36.3 Å². The molecule has 0 bridgehead atoms. The molecule has 3 nitrogen and oxygen atoms in total. The van der Waals surface area contributed by atoms with Crippen molar-refractivity contribution in [1.29, 1.82) is 0 Å². The maximum Gasteiger partial charge on any atom is 0.121 e. The van der Waals surface area contributed by atoms with Gasteiger partial charge < -0.3 is 15.0 Å². The Hall–Kier alpha value is -1.22. The Labute approximate surface area is 135 Å². The highest BCUT2D eigenvalue weighted by atomic mass is 16.5. The highest BCUT2D eigenvalue weighted by Gasteiger charge is 2.32. The van der Waals surface area contributed by atoms with Crippen LogP contribution in [-0.4, -0.2) is 37.2 Å². The standard InChI is InChI=1S/C19H30N2O/c1-15(2)21-11-5-9-19(3,13-21)14-22-17-8-7-16-6-4-10-20-18(16)12-17/h7-8,12,15,20H,4-6,9-11,13-14H2,1-3H3. The molecule has 0 radical (unpaired) electrons. The molecule has 1 atom stereocenters. The lowest BCUT2D eigenvalue weighted by Crippen LogP contribution is -2.47. The second kappa shape index (κ2) is 6.49. The minimum absolute atomic E-state index is 0.270. The number of rotatable bonds is 4. The smallest absolute Gasteiger partial charge is 0.121 e. The van der Waals surface area contributed by atoms with E-state index < -0.39 is 0 Å². The Morgan fingerprint density at radius 1 is 1.32 bits per heavy atom. The number of fused-ring (bicyclic) bond motifs is 1. The largest absolute Gasteiger partial charge is 0.493 e. The number of nitrogens with zero attached hydrogens (tertiary/aromatic N) is 1. The van der Waals surface area contributed by atoms with Gasteiger partial charge in [0.15, 0.2) is 0 Å². The van der Waals surface area contributed by atoms with Crippen molar-refractivity contribution in [3.63, 3.8) is 0 Å². The van der Waals surface area contributed by atoms with Crippen molar-refractivity contribution in [3.05, 3.63) is 23.8 Å². The first-order chi connectivity index (χ1) is 10.6. The first kappa shape index (κ1) is 15.7. The van der Waals surface area contributed by atoms with Gasteiger partial charge in [0.05, 0.1) is 6.61 Å². The van der Waals surface area contributed by atoms with Crippen LogP contribution in [0.15, 0.2) is 18.2 Å². The molecule has 2 aliphatic heterocycles.